The van der Waals surface area contributed by atoms with Gasteiger partial charge in [0.25, 0.3) is 0 Å². The van der Waals surface area contributed by atoms with Crippen molar-refractivity contribution < 1.29 is 32.9 Å². The van der Waals surface area contributed by atoms with Crippen LogP contribution in [0.4, 0.5) is 13.2 Å². The summed E-state index contributed by atoms with van der Waals surface area (Å²) in [7, 11) is 3.46. The third-order valence-corrected chi connectivity index (χ3v) is 4.90. The lowest BCUT2D eigenvalue weighted by Crippen LogP contribution is -2.61. The van der Waals surface area contributed by atoms with E-state index in [1.54, 1.807) is 25.9 Å². The molecule has 134 valence electrons. The number of alkyl halides is 3. The molecule has 2 N–H and O–H groups in total. The van der Waals surface area contributed by atoms with Crippen LogP contribution in [0, 0.1) is 0 Å². The molecule has 2 aliphatic heterocycles. The van der Waals surface area contributed by atoms with E-state index in [1.165, 1.54) is 0 Å². The maximum Gasteiger partial charge on any atom is 0.417 e. The molecule has 2 aliphatic rings. The second kappa shape index (κ2) is 7.14. The van der Waals surface area contributed by atoms with E-state index in [1.807, 2.05) is 0 Å². The summed E-state index contributed by atoms with van der Waals surface area (Å²) in [5.74, 6) is 0. The first kappa shape index (κ1) is 18.8. The molecule has 2 heterocycles. The quantitative estimate of drug-likeness (QED) is 0.775. The fourth-order valence-corrected chi connectivity index (χ4v) is 3.61. The Kier molecular flexibility index (Phi) is 5.83. The molecule has 0 aromatic carbocycles. The van der Waals surface area contributed by atoms with Crippen molar-refractivity contribution in [3.05, 3.63) is 0 Å². The minimum Gasteiger partial charge on any atom is -0.388 e. The highest BCUT2D eigenvalue weighted by atomic mass is 32.2. The van der Waals surface area contributed by atoms with Gasteiger partial charge >= 0.3 is 6.18 Å². The zero-order valence-corrected chi connectivity index (χ0v) is 13.8. The van der Waals surface area contributed by atoms with Crippen LogP contribution in [-0.4, -0.2) is 83.1 Å². The summed E-state index contributed by atoms with van der Waals surface area (Å²) in [6, 6.07) is -0.802. The number of nitrogens with zero attached hydrogens (tertiary/aromatic N) is 2. The standard InChI is InChI=1S/C13H21F3N2O4S/c1-4-5-21-10(13(14,15)16)9-8(20)7(19)6-11(22-9)23-12(17-6)18(2)3/h6-11,19-20H,4-5H2,1-3H3/t6-,7-,8+,9+,10-,11-/m1/s1. The topological polar surface area (TPSA) is 74.5 Å². The van der Waals surface area contributed by atoms with Crippen LogP contribution in [0.3, 0.4) is 0 Å². The molecule has 0 aliphatic carbocycles. The Morgan fingerprint density at radius 3 is 2.52 bits per heavy atom. The molecule has 2 rings (SSSR count). The molecule has 0 aromatic rings. The third-order valence-electron chi connectivity index (χ3n) is 3.59. The molecule has 0 spiro atoms. The van der Waals surface area contributed by atoms with Gasteiger partial charge in [0.1, 0.15) is 29.8 Å². The molecule has 0 aromatic heterocycles. The second-order valence-electron chi connectivity index (χ2n) is 5.70. The van der Waals surface area contributed by atoms with E-state index >= 15 is 0 Å². The summed E-state index contributed by atoms with van der Waals surface area (Å²) >= 11 is 1.12. The van der Waals surface area contributed by atoms with E-state index < -0.39 is 42.1 Å². The minimum absolute atomic E-state index is 0.118. The number of aliphatic hydroxyl groups is 2. The summed E-state index contributed by atoms with van der Waals surface area (Å²) in [5.41, 5.74) is -0.786. The van der Waals surface area contributed by atoms with Crippen molar-refractivity contribution in [3.8, 4) is 0 Å². The Balaban J connectivity index is 2.18. The van der Waals surface area contributed by atoms with Crippen molar-refractivity contribution in [1.29, 1.82) is 0 Å². The summed E-state index contributed by atoms with van der Waals surface area (Å²) in [4.78, 5) is 5.88. The second-order valence-corrected chi connectivity index (χ2v) is 6.76. The molecule has 1 saturated heterocycles. The summed E-state index contributed by atoms with van der Waals surface area (Å²) in [5, 5.41) is 20.8. The van der Waals surface area contributed by atoms with E-state index in [-0.39, 0.29) is 6.61 Å². The van der Waals surface area contributed by atoms with Gasteiger partial charge in [-0.2, -0.15) is 13.2 Å². The Bertz CT molecular complexity index is 449. The highest BCUT2D eigenvalue weighted by Crippen LogP contribution is 2.40. The van der Waals surface area contributed by atoms with Crippen LogP contribution >= 0.6 is 11.8 Å². The lowest BCUT2D eigenvalue weighted by Gasteiger charge is -2.41. The number of amidine groups is 1. The van der Waals surface area contributed by atoms with Crippen LogP contribution in [0.1, 0.15) is 13.3 Å². The molecule has 0 amide bonds. The molecule has 0 saturated carbocycles. The van der Waals surface area contributed by atoms with Gasteiger partial charge in [0, 0.05) is 20.7 Å². The first-order chi connectivity index (χ1) is 10.7. The average molecular weight is 358 g/mol. The number of thioether (sulfide) groups is 1. The zero-order valence-electron chi connectivity index (χ0n) is 13.0. The molecule has 0 radical (unpaired) electrons. The van der Waals surface area contributed by atoms with E-state index in [2.05, 4.69) is 4.99 Å². The lowest BCUT2D eigenvalue weighted by atomic mass is 9.94. The fourth-order valence-electron chi connectivity index (χ4n) is 2.46. The number of halogens is 3. The highest BCUT2D eigenvalue weighted by molar-refractivity contribution is 8.14. The van der Waals surface area contributed by atoms with Gasteiger partial charge in [-0.1, -0.05) is 18.7 Å². The summed E-state index contributed by atoms with van der Waals surface area (Å²) in [6.07, 6.45) is -11.5. The smallest absolute Gasteiger partial charge is 0.388 e. The first-order valence-electron chi connectivity index (χ1n) is 7.28. The molecule has 10 heteroatoms. The third kappa shape index (κ3) is 3.93. The van der Waals surface area contributed by atoms with Gasteiger partial charge in [-0.15, -0.1) is 0 Å². The maximum atomic E-state index is 13.2. The number of rotatable bonds is 4. The van der Waals surface area contributed by atoms with Crippen LogP contribution in [0.2, 0.25) is 0 Å². The Morgan fingerprint density at radius 1 is 1.35 bits per heavy atom. The molecule has 6 atom stereocenters. The number of hydrogen-bond acceptors (Lipinski definition) is 7. The predicted octanol–water partition coefficient (Wildman–Crippen LogP) is 0.824. The van der Waals surface area contributed by atoms with Crippen LogP contribution in [0.25, 0.3) is 0 Å². The van der Waals surface area contributed by atoms with E-state index in [9.17, 15) is 23.4 Å². The molecular weight excluding hydrogens is 337 g/mol. The monoisotopic (exact) mass is 358 g/mol. The largest absolute Gasteiger partial charge is 0.417 e. The van der Waals surface area contributed by atoms with Gasteiger partial charge < -0.3 is 24.6 Å². The predicted molar refractivity (Wildman–Crippen MR) is 79.3 cm³/mol. The molecule has 0 bridgehead atoms. The molecule has 6 nitrogen and oxygen atoms in total. The fraction of sp³-hybridized carbons (Fsp3) is 0.923. The SMILES string of the molecule is CCCO[C@H]([C@H]1O[C@@H]2SC(N(C)C)=N[C@@H]2[C@@H](O)[C@@H]1O)C(F)(F)F. The average Bonchev–Trinajstić information content (AvgIpc) is 2.87. The van der Waals surface area contributed by atoms with Gasteiger partial charge in [-0.25, -0.2) is 0 Å². The number of aliphatic hydroxyl groups excluding tert-OH is 2. The Labute approximate surface area is 136 Å². The van der Waals surface area contributed by atoms with Gasteiger partial charge in [-0.3, -0.25) is 4.99 Å². The molecular formula is C13H21F3N2O4S. The zero-order chi connectivity index (χ0) is 17.4. The first-order valence-corrected chi connectivity index (χ1v) is 8.16. The van der Waals surface area contributed by atoms with Crippen LogP contribution in [0.5, 0.6) is 0 Å². The van der Waals surface area contributed by atoms with Gasteiger partial charge in [0.05, 0.1) is 0 Å². The van der Waals surface area contributed by atoms with Gasteiger partial charge in [0.2, 0.25) is 0 Å². The molecule has 0 unspecified atom stereocenters. The van der Waals surface area contributed by atoms with Crippen molar-refractivity contribution >= 4 is 16.9 Å². The van der Waals surface area contributed by atoms with Crippen molar-refractivity contribution in [3.63, 3.8) is 0 Å². The van der Waals surface area contributed by atoms with Crippen molar-refractivity contribution in [1.82, 2.24) is 4.90 Å². The number of hydrogen-bond donors (Lipinski definition) is 2. The van der Waals surface area contributed by atoms with Gasteiger partial charge in [0.15, 0.2) is 11.3 Å². The summed E-state index contributed by atoms with van der Waals surface area (Å²) in [6.45, 7) is 1.56. The van der Waals surface area contributed by atoms with Crippen molar-refractivity contribution in [2.45, 2.75) is 55.4 Å². The molecule has 23 heavy (non-hydrogen) atoms. The Morgan fingerprint density at radius 2 is 2.00 bits per heavy atom. The van der Waals surface area contributed by atoms with E-state index in [4.69, 9.17) is 9.47 Å². The van der Waals surface area contributed by atoms with Crippen molar-refractivity contribution in [2.75, 3.05) is 20.7 Å². The lowest BCUT2D eigenvalue weighted by molar-refractivity contribution is -0.284. The van der Waals surface area contributed by atoms with Crippen LogP contribution in [0.15, 0.2) is 4.99 Å². The van der Waals surface area contributed by atoms with Crippen LogP contribution in [-0.2, 0) is 9.47 Å². The minimum atomic E-state index is -4.71. The number of ether oxygens (including phenoxy) is 2. The highest BCUT2D eigenvalue weighted by Gasteiger charge is 2.57. The van der Waals surface area contributed by atoms with E-state index in [0.717, 1.165) is 11.8 Å². The maximum absolute atomic E-state index is 13.2. The molecule has 1 fully saturated rings. The normalized spacial score (nSPS) is 35.7. The van der Waals surface area contributed by atoms with Gasteiger partial charge in [-0.05, 0) is 6.42 Å². The van der Waals surface area contributed by atoms with Crippen LogP contribution < -0.4 is 0 Å². The Hall–Kier alpha value is -0.550. The van der Waals surface area contributed by atoms with Crippen molar-refractivity contribution in [2.24, 2.45) is 4.99 Å². The number of fused-ring (bicyclic) bond motifs is 1. The summed E-state index contributed by atoms with van der Waals surface area (Å²) < 4.78 is 50.0. The van der Waals surface area contributed by atoms with E-state index in [0.29, 0.717) is 11.6 Å². The number of aliphatic imine (C=N–C) groups is 1.